The van der Waals surface area contributed by atoms with E-state index in [1.165, 1.54) is 12.1 Å². The van der Waals surface area contributed by atoms with E-state index in [2.05, 4.69) is 36.9 Å². The zero-order valence-corrected chi connectivity index (χ0v) is 36.5. The van der Waals surface area contributed by atoms with Crippen molar-refractivity contribution >= 4 is 46.5 Å². The molecule has 0 saturated carbocycles. The standard InChI is InChI=1S/C47H63N7O8/c1-6-8-18-37(42(57)48-26-25-31-15-11-10-12-16-31)52-45(60)40(28-33-29-49-36-20-14-13-17-35(33)36)51-41(56)30-50-43(58)38(19-9-7-2)53-44(59)39(54-46(61)62-47(3,4)5)27-32-21-23-34(55)24-22-32/h10-17,20-24,29,37-40,49,55H,6-9,18-19,25-28,30H2,1-5H3,(H,48,57)(H,50,58)(H,51,56)(H,52,60)(H,53,59)(H,54,61)/t37-,38-,39-,40+/m0/s1. The number of nitrogens with one attached hydrogen (secondary N) is 7. The fourth-order valence-electron chi connectivity index (χ4n) is 6.79. The number of amides is 6. The molecule has 1 aromatic heterocycles. The number of phenols is 1. The van der Waals surface area contributed by atoms with Crippen LogP contribution in [0.25, 0.3) is 10.9 Å². The monoisotopic (exact) mass is 853 g/mol. The lowest BCUT2D eigenvalue weighted by Crippen LogP contribution is -2.57. The molecular formula is C47H63N7O8. The van der Waals surface area contributed by atoms with Crippen molar-refractivity contribution in [2.45, 2.75) is 122 Å². The predicted molar refractivity (Wildman–Crippen MR) is 238 cm³/mol. The summed E-state index contributed by atoms with van der Waals surface area (Å²) in [5, 5.41) is 27.2. The number of aromatic amines is 1. The zero-order valence-electron chi connectivity index (χ0n) is 36.5. The second-order valence-corrected chi connectivity index (χ2v) is 16.4. The Balaban J connectivity index is 1.46. The molecule has 4 aromatic rings. The van der Waals surface area contributed by atoms with Gasteiger partial charge in [-0.15, -0.1) is 0 Å². The third kappa shape index (κ3) is 16.2. The van der Waals surface area contributed by atoms with Gasteiger partial charge in [0.1, 0.15) is 35.5 Å². The smallest absolute Gasteiger partial charge is 0.408 e. The summed E-state index contributed by atoms with van der Waals surface area (Å²) < 4.78 is 5.40. The van der Waals surface area contributed by atoms with E-state index >= 15 is 0 Å². The maximum absolute atomic E-state index is 14.1. The molecule has 0 aliphatic heterocycles. The fraction of sp³-hybridized carbons (Fsp3) is 0.447. The number of H-pyrrole nitrogens is 1. The highest BCUT2D eigenvalue weighted by Gasteiger charge is 2.31. The zero-order chi connectivity index (χ0) is 45.1. The number of rotatable bonds is 23. The number of benzene rings is 3. The first kappa shape index (κ1) is 48.3. The summed E-state index contributed by atoms with van der Waals surface area (Å²) in [4.78, 5) is 84.5. The molecule has 0 spiro atoms. The Morgan fingerprint density at radius 2 is 1.23 bits per heavy atom. The molecule has 0 saturated heterocycles. The molecule has 0 aliphatic carbocycles. The van der Waals surface area contributed by atoms with Gasteiger partial charge in [0.05, 0.1) is 6.54 Å². The number of carbonyl (C=O) groups is 6. The average molecular weight is 854 g/mol. The molecule has 15 heteroatoms. The van der Waals surface area contributed by atoms with E-state index in [4.69, 9.17) is 4.74 Å². The minimum absolute atomic E-state index is 0.0322. The molecule has 15 nitrogen and oxygen atoms in total. The van der Waals surface area contributed by atoms with Gasteiger partial charge in [0.2, 0.25) is 29.5 Å². The highest BCUT2D eigenvalue weighted by atomic mass is 16.6. The molecule has 62 heavy (non-hydrogen) atoms. The van der Waals surface area contributed by atoms with Crippen LogP contribution in [-0.2, 0) is 48.0 Å². The van der Waals surface area contributed by atoms with E-state index in [0.29, 0.717) is 44.2 Å². The van der Waals surface area contributed by atoms with Crippen LogP contribution in [0.3, 0.4) is 0 Å². The summed E-state index contributed by atoms with van der Waals surface area (Å²) in [7, 11) is 0. The summed E-state index contributed by atoms with van der Waals surface area (Å²) in [5.74, 6) is -2.78. The summed E-state index contributed by atoms with van der Waals surface area (Å²) in [6.45, 7) is 8.88. The van der Waals surface area contributed by atoms with E-state index in [0.717, 1.165) is 28.5 Å². The Hall–Kier alpha value is -6.38. The first-order valence-electron chi connectivity index (χ1n) is 21.5. The lowest BCUT2D eigenvalue weighted by Gasteiger charge is -2.25. The number of carbonyl (C=O) groups excluding carboxylic acids is 6. The second kappa shape index (κ2) is 24.2. The maximum Gasteiger partial charge on any atom is 0.408 e. The Kier molecular flexibility index (Phi) is 18.8. The van der Waals surface area contributed by atoms with Gasteiger partial charge >= 0.3 is 6.09 Å². The van der Waals surface area contributed by atoms with Crippen molar-refractivity contribution in [1.82, 2.24) is 36.9 Å². The predicted octanol–water partition coefficient (Wildman–Crippen LogP) is 4.86. The molecule has 0 radical (unpaired) electrons. The third-order valence-corrected chi connectivity index (χ3v) is 10.1. The first-order valence-corrected chi connectivity index (χ1v) is 21.5. The summed E-state index contributed by atoms with van der Waals surface area (Å²) in [6, 6.07) is 19.3. The number of aromatic hydroxyl groups is 1. The van der Waals surface area contributed by atoms with Crippen LogP contribution < -0.4 is 31.9 Å². The van der Waals surface area contributed by atoms with Crippen LogP contribution in [0.2, 0.25) is 0 Å². The van der Waals surface area contributed by atoms with Gasteiger partial charge in [-0.1, -0.05) is 100 Å². The van der Waals surface area contributed by atoms with Gasteiger partial charge in [-0.3, -0.25) is 24.0 Å². The first-order chi connectivity index (χ1) is 29.6. The van der Waals surface area contributed by atoms with Crippen molar-refractivity contribution in [2.75, 3.05) is 13.1 Å². The molecule has 0 fully saturated rings. The van der Waals surface area contributed by atoms with Crippen molar-refractivity contribution in [3.05, 3.63) is 102 Å². The molecule has 4 rings (SSSR count). The van der Waals surface area contributed by atoms with Crippen LogP contribution >= 0.6 is 0 Å². The van der Waals surface area contributed by atoms with Crippen molar-refractivity contribution in [3.8, 4) is 5.75 Å². The van der Waals surface area contributed by atoms with Gasteiger partial charge in [0.15, 0.2) is 0 Å². The fourth-order valence-corrected chi connectivity index (χ4v) is 6.79. The van der Waals surface area contributed by atoms with E-state index in [1.54, 1.807) is 39.1 Å². The lowest BCUT2D eigenvalue weighted by atomic mass is 10.0. The van der Waals surface area contributed by atoms with Gasteiger partial charge in [0.25, 0.3) is 0 Å². The normalized spacial score (nSPS) is 13.2. The van der Waals surface area contributed by atoms with Crippen LogP contribution in [0.5, 0.6) is 5.75 Å². The number of alkyl carbamates (subject to hydrolysis) is 1. The van der Waals surface area contributed by atoms with Gasteiger partial charge < -0.3 is 46.7 Å². The number of para-hydroxylation sites is 1. The van der Waals surface area contributed by atoms with Crippen LogP contribution in [-0.4, -0.2) is 88.6 Å². The molecule has 0 unspecified atom stereocenters. The second-order valence-electron chi connectivity index (χ2n) is 16.4. The lowest BCUT2D eigenvalue weighted by molar-refractivity contribution is -0.133. The largest absolute Gasteiger partial charge is 0.508 e. The number of fused-ring (bicyclic) bond motifs is 1. The highest BCUT2D eigenvalue weighted by molar-refractivity contribution is 5.95. The Labute approximate surface area is 363 Å². The van der Waals surface area contributed by atoms with Gasteiger partial charge in [-0.25, -0.2) is 4.79 Å². The van der Waals surface area contributed by atoms with Crippen molar-refractivity contribution < 1.29 is 38.6 Å². The molecule has 3 aromatic carbocycles. The van der Waals surface area contributed by atoms with E-state index in [9.17, 15) is 33.9 Å². The quantitative estimate of drug-likeness (QED) is 0.0514. The van der Waals surface area contributed by atoms with Crippen molar-refractivity contribution in [1.29, 1.82) is 0 Å². The average Bonchev–Trinajstić information content (AvgIpc) is 3.65. The number of ether oxygens (including phenoxy) is 1. The summed E-state index contributed by atoms with van der Waals surface area (Å²) in [6.07, 6.45) is 5.11. The molecule has 0 bridgehead atoms. The van der Waals surface area contributed by atoms with E-state index in [-0.39, 0.29) is 30.9 Å². The van der Waals surface area contributed by atoms with Crippen LogP contribution in [0.1, 0.15) is 89.8 Å². The summed E-state index contributed by atoms with van der Waals surface area (Å²) in [5.41, 5.74) is 2.49. The number of aromatic nitrogens is 1. The Bertz CT molecular complexity index is 2080. The van der Waals surface area contributed by atoms with Crippen LogP contribution in [0.15, 0.2) is 85.1 Å². The Morgan fingerprint density at radius 3 is 1.84 bits per heavy atom. The SMILES string of the molecule is CCCC[C@H](NC(=O)[C@H](Cc1ccc(O)cc1)NC(=O)OC(C)(C)C)C(=O)NCC(=O)N[C@H](Cc1c[nH]c2ccccc12)C(=O)N[C@@H](CCCC)C(=O)NCCc1ccccc1. The minimum atomic E-state index is -1.15. The topological polar surface area (TPSA) is 220 Å². The molecule has 6 amide bonds. The van der Waals surface area contributed by atoms with Crippen molar-refractivity contribution in [3.63, 3.8) is 0 Å². The highest BCUT2D eigenvalue weighted by Crippen LogP contribution is 2.20. The van der Waals surface area contributed by atoms with Crippen molar-refractivity contribution in [2.24, 2.45) is 0 Å². The molecule has 1 heterocycles. The van der Waals surface area contributed by atoms with E-state index < -0.39 is 66.0 Å². The number of hydrogen-bond acceptors (Lipinski definition) is 8. The number of unbranched alkanes of at least 4 members (excludes halogenated alkanes) is 2. The Morgan fingerprint density at radius 1 is 0.645 bits per heavy atom. The third-order valence-electron chi connectivity index (χ3n) is 10.1. The van der Waals surface area contributed by atoms with Crippen LogP contribution in [0, 0.1) is 0 Å². The molecule has 8 N–H and O–H groups in total. The molecule has 334 valence electrons. The van der Waals surface area contributed by atoms with Gasteiger partial charge in [0, 0.05) is 36.5 Å². The molecule has 0 aliphatic rings. The van der Waals surface area contributed by atoms with E-state index in [1.807, 2.05) is 68.4 Å². The maximum atomic E-state index is 14.1. The molecule has 4 atom stereocenters. The molecular weight excluding hydrogens is 791 g/mol. The summed E-state index contributed by atoms with van der Waals surface area (Å²) >= 11 is 0. The van der Waals surface area contributed by atoms with Gasteiger partial charge in [-0.2, -0.15) is 0 Å². The number of phenolic OH excluding ortho intramolecular Hbond substituents is 1. The minimum Gasteiger partial charge on any atom is -0.508 e. The van der Waals surface area contributed by atoms with Crippen LogP contribution in [0.4, 0.5) is 4.79 Å². The number of hydrogen-bond donors (Lipinski definition) is 8. The van der Waals surface area contributed by atoms with Gasteiger partial charge in [-0.05, 0) is 74.9 Å².